The number of benzene rings is 2. The lowest BCUT2D eigenvalue weighted by molar-refractivity contribution is 0.0954. The van der Waals surface area contributed by atoms with E-state index in [4.69, 9.17) is 4.74 Å². The van der Waals surface area contributed by atoms with E-state index >= 15 is 0 Å². The number of amides is 1. The second-order valence-electron chi connectivity index (χ2n) is 7.31. The standard InChI is InChI=1S/C24H25N3O2/c1-17-14-19-7-3-4-9-22(19)27(17)23-16-20(11-13-25-23)24(28)26-12-10-18-6-5-8-21(15-18)29-2/h3-9,11,13,15-17H,10,12,14H2,1-2H3,(H,26,28). The average molecular weight is 387 g/mol. The summed E-state index contributed by atoms with van der Waals surface area (Å²) >= 11 is 0. The van der Waals surface area contributed by atoms with Crippen LogP contribution >= 0.6 is 0 Å². The summed E-state index contributed by atoms with van der Waals surface area (Å²) in [6.07, 6.45) is 3.44. The molecule has 1 N–H and O–H groups in total. The number of hydrogen-bond donors (Lipinski definition) is 1. The Morgan fingerprint density at radius 3 is 2.90 bits per heavy atom. The zero-order chi connectivity index (χ0) is 20.2. The van der Waals surface area contributed by atoms with Gasteiger partial charge in [0.15, 0.2) is 0 Å². The molecule has 29 heavy (non-hydrogen) atoms. The minimum absolute atomic E-state index is 0.0864. The van der Waals surface area contributed by atoms with Gasteiger partial charge in [-0.3, -0.25) is 4.79 Å². The predicted octanol–water partition coefficient (Wildman–Crippen LogP) is 4.15. The molecule has 5 heteroatoms. The molecular formula is C24H25N3O2. The lowest BCUT2D eigenvalue weighted by Gasteiger charge is -2.24. The molecule has 1 atom stereocenters. The minimum Gasteiger partial charge on any atom is -0.497 e. The van der Waals surface area contributed by atoms with Gasteiger partial charge in [0.05, 0.1) is 7.11 Å². The lowest BCUT2D eigenvalue weighted by atomic mass is 10.1. The van der Waals surface area contributed by atoms with Crippen molar-refractivity contribution in [3.05, 3.63) is 83.6 Å². The zero-order valence-electron chi connectivity index (χ0n) is 16.8. The molecule has 4 rings (SSSR count). The Kier molecular flexibility index (Phi) is 5.47. The van der Waals surface area contributed by atoms with Gasteiger partial charge in [0, 0.05) is 30.0 Å². The van der Waals surface area contributed by atoms with Crippen LogP contribution in [-0.2, 0) is 12.8 Å². The molecule has 1 aromatic heterocycles. The van der Waals surface area contributed by atoms with Crippen LogP contribution in [0.5, 0.6) is 5.75 Å². The van der Waals surface area contributed by atoms with Crippen molar-refractivity contribution in [2.45, 2.75) is 25.8 Å². The predicted molar refractivity (Wildman–Crippen MR) is 115 cm³/mol. The van der Waals surface area contributed by atoms with Crippen molar-refractivity contribution < 1.29 is 9.53 Å². The summed E-state index contributed by atoms with van der Waals surface area (Å²) in [4.78, 5) is 19.4. The highest BCUT2D eigenvalue weighted by atomic mass is 16.5. The van der Waals surface area contributed by atoms with Gasteiger partial charge >= 0.3 is 0 Å². The molecule has 1 amide bonds. The smallest absolute Gasteiger partial charge is 0.251 e. The van der Waals surface area contributed by atoms with E-state index in [2.05, 4.69) is 40.3 Å². The van der Waals surface area contributed by atoms with Gasteiger partial charge in [-0.25, -0.2) is 4.98 Å². The number of pyridine rings is 1. The second-order valence-corrected chi connectivity index (χ2v) is 7.31. The Morgan fingerprint density at radius 1 is 1.17 bits per heavy atom. The van der Waals surface area contributed by atoms with Crippen molar-refractivity contribution in [1.82, 2.24) is 10.3 Å². The van der Waals surface area contributed by atoms with Gasteiger partial charge in [0.25, 0.3) is 5.91 Å². The maximum atomic E-state index is 12.7. The summed E-state index contributed by atoms with van der Waals surface area (Å²) in [6, 6.07) is 20.2. The summed E-state index contributed by atoms with van der Waals surface area (Å²) in [5.74, 6) is 1.55. The Labute approximate surface area is 171 Å². The number of para-hydroxylation sites is 1. The molecule has 5 nitrogen and oxygen atoms in total. The van der Waals surface area contributed by atoms with Crippen LogP contribution < -0.4 is 15.0 Å². The van der Waals surface area contributed by atoms with Crippen molar-refractivity contribution in [2.24, 2.45) is 0 Å². The topological polar surface area (TPSA) is 54.5 Å². The molecule has 0 saturated heterocycles. The molecule has 148 valence electrons. The van der Waals surface area contributed by atoms with E-state index in [1.807, 2.05) is 36.4 Å². The summed E-state index contributed by atoms with van der Waals surface area (Å²) in [6.45, 7) is 2.75. The number of carbonyl (C=O) groups is 1. The van der Waals surface area contributed by atoms with Crippen LogP contribution in [0.4, 0.5) is 11.5 Å². The van der Waals surface area contributed by atoms with Crippen LogP contribution in [0.1, 0.15) is 28.4 Å². The van der Waals surface area contributed by atoms with Crippen molar-refractivity contribution in [3.8, 4) is 5.75 Å². The monoisotopic (exact) mass is 387 g/mol. The first kappa shape index (κ1) is 19.0. The number of nitrogens with one attached hydrogen (secondary N) is 1. The first-order valence-electron chi connectivity index (χ1n) is 9.90. The van der Waals surface area contributed by atoms with Crippen LogP contribution in [0.25, 0.3) is 0 Å². The largest absolute Gasteiger partial charge is 0.497 e. The molecule has 2 aromatic carbocycles. The second kappa shape index (κ2) is 8.35. The summed E-state index contributed by atoms with van der Waals surface area (Å²) in [5.41, 5.74) is 4.23. The van der Waals surface area contributed by atoms with Gasteiger partial charge in [0.2, 0.25) is 0 Å². The highest BCUT2D eigenvalue weighted by Crippen LogP contribution is 2.37. The van der Waals surface area contributed by atoms with E-state index in [-0.39, 0.29) is 5.91 Å². The van der Waals surface area contributed by atoms with Gasteiger partial charge in [-0.15, -0.1) is 0 Å². The van der Waals surface area contributed by atoms with Crippen LogP contribution in [0.15, 0.2) is 66.9 Å². The maximum absolute atomic E-state index is 12.7. The molecule has 2 heterocycles. The normalized spacial score (nSPS) is 15.1. The SMILES string of the molecule is COc1cccc(CCNC(=O)c2ccnc(N3c4ccccc4CC3C)c2)c1. The van der Waals surface area contributed by atoms with Gasteiger partial charge in [-0.1, -0.05) is 30.3 Å². The third kappa shape index (κ3) is 4.09. The number of fused-ring (bicyclic) bond motifs is 1. The number of carbonyl (C=O) groups excluding carboxylic acids is 1. The quantitative estimate of drug-likeness (QED) is 0.691. The average Bonchev–Trinajstić information content (AvgIpc) is 3.09. The Morgan fingerprint density at radius 2 is 2.03 bits per heavy atom. The van der Waals surface area contributed by atoms with E-state index in [1.165, 1.54) is 11.3 Å². The van der Waals surface area contributed by atoms with E-state index in [0.29, 0.717) is 18.2 Å². The third-order valence-corrected chi connectivity index (χ3v) is 5.30. The number of rotatable bonds is 6. The van der Waals surface area contributed by atoms with Gasteiger partial charge < -0.3 is 15.0 Å². The molecule has 1 unspecified atom stereocenters. The number of methoxy groups -OCH3 is 1. The van der Waals surface area contributed by atoms with Gasteiger partial charge in [-0.05, 0) is 61.2 Å². The fraction of sp³-hybridized carbons (Fsp3) is 0.250. The molecule has 0 radical (unpaired) electrons. The highest BCUT2D eigenvalue weighted by Gasteiger charge is 2.27. The van der Waals surface area contributed by atoms with Crippen molar-refractivity contribution in [1.29, 1.82) is 0 Å². The first-order valence-corrected chi connectivity index (χ1v) is 9.90. The first-order chi connectivity index (χ1) is 14.2. The van der Waals surface area contributed by atoms with E-state index in [0.717, 1.165) is 30.0 Å². The highest BCUT2D eigenvalue weighted by molar-refractivity contribution is 5.95. The van der Waals surface area contributed by atoms with Crippen LogP contribution in [0.2, 0.25) is 0 Å². The fourth-order valence-electron chi connectivity index (χ4n) is 3.86. The molecular weight excluding hydrogens is 362 g/mol. The van der Waals surface area contributed by atoms with Crippen LogP contribution in [-0.4, -0.2) is 30.6 Å². The third-order valence-electron chi connectivity index (χ3n) is 5.30. The summed E-state index contributed by atoms with van der Waals surface area (Å²) in [5, 5.41) is 3.01. The molecule has 3 aromatic rings. The number of nitrogens with zero attached hydrogens (tertiary/aromatic N) is 2. The lowest BCUT2D eigenvalue weighted by Crippen LogP contribution is -2.27. The molecule has 1 aliphatic heterocycles. The summed E-state index contributed by atoms with van der Waals surface area (Å²) in [7, 11) is 1.65. The zero-order valence-corrected chi connectivity index (χ0v) is 16.8. The molecule has 0 bridgehead atoms. The molecule has 0 saturated carbocycles. The number of anilines is 2. The number of ether oxygens (including phenoxy) is 1. The number of hydrogen-bond acceptors (Lipinski definition) is 4. The fourth-order valence-corrected chi connectivity index (χ4v) is 3.86. The Hall–Kier alpha value is -3.34. The minimum atomic E-state index is -0.0864. The Bertz CT molecular complexity index is 1020. The van der Waals surface area contributed by atoms with E-state index in [9.17, 15) is 4.79 Å². The van der Waals surface area contributed by atoms with Crippen molar-refractivity contribution >= 4 is 17.4 Å². The molecule has 0 aliphatic carbocycles. The Balaban J connectivity index is 1.44. The van der Waals surface area contributed by atoms with E-state index in [1.54, 1.807) is 19.4 Å². The molecule has 0 spiro atoms. The van der Waals surface area contributed by atoms with Gasteiger partial charge in [0.1, 0.15) is 11.6 Å². The maximum Gasteiger partial charge on any atom is 0.251 e. The van der Waals surface area contributed by atoms with Crippen molar-refractivity contribution in [3.63, 3.8) is 0 Å². The van der Waals surface area contributed by atoms with Crippen molar-refractivity contribution in [2.75, 3.05) is 18.6 Å². The molecule has 1 aliphatic rings. The molecule has 0 fully saturated rings. The summed E-state index contributed by atoms with van der Waals surface area (Å²) < 4.78 is 5.25. The van der Waals surface area contributed by atoms with E-state index < -0.39 is 0 Å². The van der Waals surface area contributed by atoms with Gasteiger partial charge in [-0.2, -0.15) is 0 Å². The van der Waals surface area contributed by atoms with Crippen LogP contribution in [0, 0.1) is 0 Å². The number of aromatic nitrogens is 1. The van der Waals surface area contributed by atoms with Crippen LogP contribution in [0.3, 0.4) is 0 Å².